The quantitative estimate of drug-likeness (QED) is 0.855. The number of amides is 1. The van der Waals surface area contributed by atoms with Crippen LogP contribution in [0.4, 0.5) is 0 Å². The van der Waals surface area contributed by atoms with Crippen LogP contribution in [0.15, 0.2) is 30.5 Å². The van der Waals surface area contributed by atoms with Gasteiger partial charge in [-0.3, -0.25) is 4.79 Å². The molecule has 1 atom stereocenters. The fourth-order valence-electron chi connectivity index (χ4n) is 1.84. The van der Waals surface area contributed by atoms with Crippen LogP contribution in [0.2, 0.25) is 0 Å². The van der Waals surface area contributed by atoms with Gasteiger partial charge in [0.25, 0.3) is 5.91 Å². The van der Waals surface area contributed by atoms with Crippen molar-refractivity contribution in [2.24, 2.45) is 0 Å². The summed E-state index contributed by atoms with van der Waals surface area (Å²) in [4.78, 5) is 18.7. The molecule has 2 aromatic heterocycles. The lowest BCUT2D eigenvalue weighted by atomic mass is 10.1. The first-order valence-electron chi connectivity index (χ1n) is 6.53. The van der Waals surface area contributed by atoms with Crippen LogP contribution in [0.5, 0.6) is 0 Å². The van der Waals surface area contributed by atoms with Gasteiger partial charge in [-0.15, -0.1) is 11.3 Å². The third-order valence-electron chi connectivity index (χ3n) is 2.86. The second-order valence-electron chi connectivity index (χ2n) is 4.50. The fraction of sp³-hybridized carbons (Fsp3) is 0.250. The Bertz CT molecular complexity index is 698. The van der Waals surface area contributed by atoms with Crippen LogP contribution in [0.1, 0.15) is 38.8 Å². The Kier molecular flexibility index (Phi) is 5.09. The summed E-state index contributed by atoms with van der Waals surface area (Å²) in [5.41, 5.74) is 0.789. The summed E-state index contributed by atoms with van der Waals surface area (Å²) < 4.78 is 0. The largest absolute Gasteiger partial charge is 0.384 e. The number of thiophene rings is 1. The lowest BCUT2D eigenvalue weighted by Gasteiger charge is -2.12. The van der Waals surface area contributed by atoms with Crippen LogP contribution in [0.3, 0.4) is 0 Å². The Balaban J connectivity index is 2.17. The maximum Gasteiger partial charge on any atom is 0.271 e. The Labute approximate surface area is 127 Å². The first-order chi connectivity index (χ1) is 10.1. The predicted octanol–water partition coefficient (Wildman–Crippen LogP) is 2.29. The molecule has 0 aromatic carbocycles. The average molecular weight is 300 g/mol. The number of rotatable bonds is 3. The van der Waals surface area contributed by atoms with Crippen LogP contribution in [-0.2, 0) is 0 Å². The molecule has 0 aliphatic carbocycles. The highest BCUT2D eigenvalue weighted by molar-refractivity contribution is 7.12. The van der Waals surface area contributed by atoms with Crippen LogP contribution >= 0.6 is 11.3 Å². The van der Waals surface area contributed by atoms with Gasteiger partial charge >= 0.3 is 0 Å². The van der Waals surface area contributed by atoms with Gasteiger partial charge in [-0.1, -0.05) is 11.8 Å². The number of hydrogen-bond acceptors (Lipinski definition) is 4. The number of aliphatic hydroxyl groups is 1. The van der Waals surface area contributed by atoms with Crippen molar-refractivity contribution in [3.05, 3.63) is 51.5 Å². The van der Waals surface area contributed by atoms with E-state index in [0.717, 1.165) is 4.88 Å². The lowest BCUT2D eigenvalue weighted by Crippen LogP contribution is -2.27. The van der Waals surface area contributed by atoms with E-state index in [1.807, 2.05) is 26.0 Å². The van der Waals surface area contributed by atoms with Gasteiger partial charge in [0.05, 0.1) is 11.6 Å². The van der Waals surface area contributed by atoms with E-state index in [9.17, 15) is 4.79 Å². The fourth-order valence-corrected chi connectivity index (χ4v) is 2.72. The zero-order chi connectivity index (χ0) is 15.2. The van der Waals surface area contributed by atoms with Crippen LogP contribution in [0.25, 0.3) is 0 Å². The normalized spacial score (nSPS) is 11.4. The zero-order valence-electron chi connectivity index (χ0n) is 11.9. The maximum absolute atomic E-state index is 12.3. The summed E-state index contributed by atoms with van der Waals surface area (Å²) >= 11 is 1.65. The third kappa shape index (κ3) is 3.91. The number of nitrogens with zero attached hydrogens (tertiary/aromatic N) is 1. The highest BCUT2D eigenvalue weighted by Gasteiger charge is 2.16. The molecule has 0 aliphatic heterocycles. The van der Waals surface area contributed by atoms with Gasteiger partial charge in [-0.05, 0) is 38.1 Å². The summed E-state index contributed by atoms with van der Waals surface area (Å²) in [5.74, 6) is 5.01. The molecule has 0 radical (unpaired) electrons. The summed E-state index contributed by atoms with van der Waals surface area (Å²) in [7, 11) is 0. The molecule has 2 N–H and O–H groups in total. The molecular formula is C16H16N2O2S. The number of aryl methyl sites for hydroxylation is 1. The van der Waals surface area contributed by atoms with Crippen LogP contribution < -0.4 is 5.32 Å². The van der Waals surface area contributed by atoms with Crippen molar-refractivity contribution >= 4 is 17.2 Å². The van der Waals surface area contributed by atoms with E-state index in [2.05, 4.69) is 22.1 Å². The Hall–Kier alpha value is -2.16. The van der Waals surface area contributed by atoms with E-state index in [1.165, 1.54) is 4.88 Å². The minimum absolute atomic E-state index is 0.0862. The Morgan fingerprint density at radius 1 is 1.48 bits per heavy atom. The molecule has 0 bridgehead atoms. The van der Waals surface area contributed by atoms with E-state index < -0.39 is 0 Å². The molecule has 2 heterocycles. The minimum Gasteiger partial charge on any atom is -0.384 e. The molecule has 1 unspecified atom stereocenters. The molecule has 108 valence electrons. The maximum atomic E-state index is 12.3. The van der Waals surface area contributed by atoms with Gasteiger partial charge in [0.15, 0.2) is 0 Å². The monoisotopic (exact) mass is 300 g/mol. The number of nitrogens with one attached hydrogen (secondary N) is 1. The van der Waals surface area contributed by atoms with Crippen molar-refractivity contribution in [3.63, 3.8) is 0 Å². The molecule has 21 heavy (non-hydrogen) atoms. The number of carbonyl (C=O) groups excluding carboxylic acids is 1. The smallest absolute Gasteiger partial charge is 0.271 e. The second-order valence-corrected chi connectivity index (χ2v) is 5.82. The highest BCUT2D eigenvalue weighted by atomic mass is 32.1. The highest BCUT2D eigenvalue weighted by Crippen LogP contribution is 2.22. The number of aliphatic hydroxyl groups excluding tert-OH is 1. The topological polar surface area (TPSA) is 62.2 Å². The van der Waals surface area contributed by atoms with Crippen molar-refractivity contribution in [3.8, 4) is 11.8 Å². The first-order valence-corrected chi connectivity index (χ1v) is 7.35. The second kappa shape index (κ2) is 7.02. The van der Waals surface area contributed by atoms with Gasteiger partial charge in [-0.2, -0.15) is 0 Å². The molecule has 0 fully saturated rings. The summed E-state index contributed by atoms with van der Waals surface area (Å²) in [6, 6.07) is 7.38. The van der Waals surface area contributed by atoms with E-state index in [0.29, 0.717) is 5.56 Å². The van der Waals surface area contributed by atoms with Crippen LogP contribution in [-0.4, -0.2) is 22.6 Å². The summed E-state index contributed by atoms with van der Waals surface area (Å²) in [5, 5.41) is 11.7. The standard InChI is InChI=1S/C16H16N2O2S/c1-11-7-8-14(21-11)12(2)18-16(20)15-13(6-4-10-19)5-3-9-17-15/h3,5,7-9,12,19H,10H2,1-2H3,(H,18,20). The summed E-state index contributed by atoms with van der Waals surface area (Å²) in [6.45, 7) is 3.72. The molecule has 4 nitrogen and oxygen atoms in total. The van der Waals surface area contributed by atoms with Gasteiger partial charge in [0, 0.05) is 16.0 Å². The number of hydrogen-bond donors (Lipinski definition) is 2. The van der Waals surface area contributed by atoms with Crippen molar-refractivity contribution in [2.45, 2.75) is 19.9 Å². The molecule has 0 aliphatic rings. The molecule has 2 aromatic rings. The molecule has 5 heteroatoms. The van der Waals surface area contributed by atoms with Crippen molar-refractivity contribution in [2.75, 3.05) is 6.61 Å². The third-order valence-corrected chi connectivity index (χ3v) is 4.04. The molecule has 2 rings (SSSR count). The molecule has 1 amide bonds. The van der Waals surface area contributed by atoms with Crippen molar-refractivity contribution in [1.29, 1.82) is 0 Å². The van der Waals surface area contributed by atoms with Crippen LogP contribution in [0, 0.1) is 18.8 Å². The first kappa shape index (κ1) is 15.2. The number of carbonyl (C=O) groups is 1. The molecule has 0 spiro atoms. The zero-order valence-corrected chi connectivity index (χ0v) is 12.7. The Morgan fingerprint density at radius 2 is 2.29 bits per heavy atom. The lowest BCUT2D eigenvalue weighted by molar-refractivity contribution is 0.0935. The number of pyridine rings is 1. The van der Waals surface area contributed by atoms with E-state index in [4.69, 9.17) is 5.11 Å². The number of aromatic nitrogens is 1. The average Bonchev–Trinajstić information content (AvgIpc) is 2.92. The Morgan fingerprint density at radius 3 is 2.95 bits per heavy atom. The van der Waals surface area contributed by atoms with Gasteiger partial charge < -0.3 is 10.4 Å². The van der Waals surface area contributed by atoms with Gasteiger partial charge in [-0.25, -0.2) is 4.98 Å². The molecular weight excluding hydrogens is 284 g/mol. The van der Waals surface area contributed by atoms with E-state index in [-0.39, 0.29) is 24.2 Å². The predicted molar refractivity (Wildman–Crippen MR) is 83.1 cm³/mol. The SMILES string of the molecule is Cc1ccc(C(C)NC(=O)c2ncccc2C#CCO)s1. The molecule has 0 saturated carbocycles. The molecule has 0 saturated heterocycles. The van der Waals surface area contributed by atoms with Crippen molar-refractivity contribution < 1.29 is 9.90 Å². The van der Waals surface area contributed by atoms with Gasteiger partial charge in [0.1, 0.15) is 12.3 Å². The van der Waals surface area contributed by atoms with E-state index in [1.54, 1.807) is 29.7 Å². The van der Waals surface area contributed by atoms with E-state index >= 15 is 0 Å². The van der Waals surface area contributed by atoms with Gasteiger partial charge in [0.2, 0.25) is 0 Å². The minimum atomic E-state index is -0.267. The summed E-state index contributed by atoms with van der Waals surface area (Å²) in [6.07, 6.45) is 1.55. The van der Waals surface area contributed by atoms with Crippen molar-refractivity contribution in [1.82, 2.24) is 10.3 Å².